The lowest BCUT2D eigenvalue weighted by Gasteiger charge is -2.31. The molecule has 0 saturated carbocycles. The van der Waals surface area contributed by atoms with E-state index in [0.29, 0.717) is 25.2 Å². The van der Waals surface area contributed by atoms with E-state index >= 15 is 0 Å². The predicted molar refractivity (Wildman–Crippen MR) is 85.1 cm³/mol. The second-order valence-electron chi connectivity index (χ2n) is 5.47. The Kier molecular flexibility index (Phi) is 4.44. The molecule has 1 saturated heterocycles. The van der Waals surface area contributed by atoms with Crippen LogP contribution in [0.4, 0.5) is 5.82 Å². The number of nitrogens with one attached hydrogen (secondary N) is 2. The number of benzene rings is 1. The maximum atomic E-state index is 12.7. The van der Waals surface area contributed by atoms with E-state index < -0.39 is 10.0 Å². The van der Waals surface area contributed by atoms with Crippen molar-refractivity contribution >= 4 is 21.7 Å². The van der Waals surface area contributed by atoms with E-state index in [-0.39, 0.29) is 23.3 Å². The van der Waals surface area contributed by atoms with Gasteiger partial charge in [-0.25, -0.2) is 8.42 Å². The van der Waals surface area contributed by atoms with Crippen LogP contribution in [0.15, 0.2) is 47.5 Å². The molecule has 1 aromatic heterocycles. The number of H-pyrrole nitrogens is 1. The highest BCUT2D eigenvalue weighted by molar-refractivity contribution is 7.89. The molecule has 0 spiro atoms. The number of rotatable bonds is 4. The molecule has 1 atom stereocenters. The number of aromatic amines is 1. The Balaban J connectivity index is 1.72. The lowest BCUT2D eigenvalue weighted by molar-refractivity contribution is -0.120. The first-order valence-corrected chi connectivity index (χ1v) is 8.87. The summed E-state index contributed by atoms with van der Waals surface area (Å²) in [6.07, 6.45) is 2.87. The van der Waals surface area contributed by atoms with Crippen molar-refractivity contribution in [3.8, 4) is 0 Å². The molecule has 1 aromatic carbocycles. The number of piperidine rings is 1. The van der Waals surface area contributed by atoms with Crippen LogP contribution in [-0.2, 0) is 14.8 Å². The molecule has 2 heterocycles. The van der Waals surface area contributed by atoms with Crippen molar-refractivity contribution in [2.45, 2.75) is 17.7 Å². The molecular weight excluding hydrogens is 316 g/mol. The smallest absolute Gasteiger partial charge is 0.243 e. The summed E-state index contributed by atoms with van der Waals surface area (Å²) in [5.41, 5.74) is 0. The number of hydrogen-bond acceptors (Lipinski definition) is 4. The molecule has 1 fully saturated rings. The Morgan fingerprint density at radius 3 is 2.74 bits per heavy atom. The van der Waals surface area contributed by atoms with Crippen molar-refractivity contribution < 1.29 is 13.2 Å². The molecule has 1 unspecified atom stereocenters. The number of hydrogen-bond donors (Lipinski definition) is 2. The normalized spacial score (nSPS) is 19.4. The lowest BCUT2D eigenvalue weighted by Crippen LogP contribution is -2.43. The lowest BCUT2D eigenvalue weighted by atomic mass is 9.99. The van der Waals surface area contributed by atoms with E-state index in [1.807, 2.05) is 0 Å². The molecule has 2 aromatic rings. The first-order chi connectivity index (χ1) is 11.1. The highest BCUT2D eigenvalue weighted by Gasteiger charge is 2.33. The molecule has 0 bridgehead atoms. The van der Waals surface area contributed by atoms with E-state index in [4.69, 9.17) is 0 Å². The van der Waals surface area contributed by atoms with Gasteiger partial charge >= 0.3 is 0 Å². The second-order valence-corrected chi connectivity index (χ2v) is 7.41. The fourth-order valence-corrected chi connectivity index (χ4v) is 4.22. The van der Waals surface area contributed by atoms with Gasteiger partial charge in [0.1, 0.15) is 5.82 Å². The highest BCUT2D eigenvalue weighted by Crippen LogP contribution is 2.24. The van der Waals surface area contributed by atoms with Crippen LogP contribution in [-0.4, -0.2) is 41.9 Å². The molecule has 8 heteroatoms. The zero-order valence-electron chi connectivity index (χ0n) is 12.5. The van der Waals surface area contributed by atoms with E-state index in [1.165, 1.54) is 4.31 Å². The van der Waals surface area contributed by atoms with Crippen LogP contribution in [0.2, 0.25) is 0 Å². The van der Waals surface area contributed by atoms with Gasteiger partial charge in [0.25, 0.3) is 0 Å². The van der Waals surface area contributed by atoms with Gasteiger partial charge in [-0.15, -0.1) is 0 Å². The molecule has 0 aliphatic carbocycles. The number of anilines is 1. The monoisotopic (exact) mass is 334 g/mol. The Hall–Kier alpha value is -2.19. The molecule has 1 aliphatic rings. The molecule has 1 amide bonds. The van der Waals surface area contributed by atoms with Crippen LogP contribution in [0, 0.1) is 5.92 Å². The molecule has 23 heavy (non-hydrogen) atoms. The Morgan fingerprint density at radius 2 is 2.04 bits per heavy atom. The van der Waals surface area contributed by atoms with Gasteiger partial charge in [0.2, 0.25) is 15.9 Å². The van der Waals surface area contributed by atoms with Crippen molar-refractivity contribution in [2.75, 3.05) is 18.4 Å². The van der Waals surface area contributed by atoms with Gasteiger partial charge in [-0.05, 0) is 25.0 Å². The summed E-state index contributed by atoms with van der Waals surface area (Å²) in [7, 11) is -3.56. The fourth-order valence-electron chi connectivity index (χ4n) is 2.68. The van der Waals surface area contributed by atoms with Crippen molar-refractivity contribution in [1.29, 1.82) is 0 Å². The molecule has 1 aliphatic heterocycles. The largest absolute Gasteiger partial charge is 0.311 e. The minimum atomic E-state index is -3.56. The quantitative estimate of drug-likeness (QED) is 0.884. The standard InChI is InChI=1S/C15H18N4O3S/c20-15(17-14-8-9-16-18-14)12-5-4-10-19(11-12)23(21,22)13-6-2-1-3-7-13/h1-3,6-9,12H,4-5,10-11H2,(H2,16,17,18,20). The van der Waals surface area contributed by atoms with Gasteiger partial charge in [-0.2, -0.15) is 9.40 Å². The summed E-state index contributed by atoms with van der Waals surface area (Å²) in [5.74, 6) is -0.0502. The van der Waals surface area contributed by atoms with E-state index in [2.05, 4.69) is 15.5 Å². The third kappa shape index (κ3) is 3.43. The third-order valence-corrected chi connectivity index (χ3v) is 5.77. The first-order valence-electron chi connectivity index (χ1n) is 7.43. The van der Waals surface area contributed by atoms with Crippen LogP contribution in [0.25, 0.3) is 0 Å². The van der Waals surface area contributed by atoms with Crippen molar-refractivity contribution in [3.63, 3.8) is 0 Å². The zero-order valence-corrected chi connectivity index (χ0v) is 13.3. The summed E-state index contributed by atoms with van der Waals surface area (Å²) in [5, 5.41) is 9.15. The van der Waals surface area contributed by atoms with Gasteiger partial charge in [0.05, 0.1) is 17.0 Å². The number of carbonyl (C=O) groups excluding carboxylic acids is 1. The summed E-state index contributed by atoms with van der Waals surface area (Å²) >= 11 is 0. The molecule has 7 nitrogen and oxygen atoms in total. The molecule has 3 rings (SSSR count). The van der Waals surface area contributed by atoms with Gasteiger partial charge in [-0.3, -0.25) is 9.89 Å². The molecular formula is C15H18N4O3S. The highest BCUT2D eigenvalue weighted by atomic mass is 32.2. The predicted octanol–water partition coefficient (Wildman–Crippen LogP) is 1.45. The average molecular weight is 334 g/mol. The van der Waals surface area contributed by atoms with E-state index in [1.54, 1.807) is 42.6 Å². The van der Waals surface area contributed by atoms with E-state index in [9.17, 15) is 13.2 Å². The minimum Gasteiger partial charge on any atom is -0.311 e. The Labute approximate surface area is 134 Å². The maximum Gasteiger partial charge on any atom is 0.243 e. The average Bonchev–Trinajstić information content (AvgIpc) is 3.09. The molecule has 0 radical (unpaired) electrons. The molecule has 2 N–H and O–H groups in total. The molecule has 122 valence electrons. The summed E-state index contributed by atoms with van der Waals surface area (Å²) in [6, 6.07) is 9.96. The number of nitrogens with zero attached hydrogens (tertiary/aromatic N) is 2. The zero-order chi connectivity index (χ0) is 16.3. The number of amides is 1. The van der Waals surface area contributed by atoms with E-state index in [0.717, 1.165) is 0 Å². The number of aromatic nitrogens is 2. The third-order valence-electron chi connectivity index (χ3n) is 3.89. The number of carbonyl (C=O) groups is 1. The van der Waals surface area contributed by atoms with Gasteiger partial charge in [-0.1, -0.05) is 18.2 Å². The van der Waals surface area contributed by atoms with Crippen molar-refractivity contribution in [3.05, 3.63) is 42.6 Å². The van der Waals surface area contributed by atoms with Gasteiger partial charge in [0, 0.05) is 19.2 Å². The van der Waals surface area contributed by atoms with Crippen LogP contribution in [0.5, 0.6) is 0 Å². The summed E-state index contributed by atoms with van der Waals surface area (Å²) < 4.78 is 26.7. The van der Waals surface area contributed by atoms with Gasteiger partial charge in [0.15, 0.2) is 0 Å². The Morgan fingerprint density at radius 1 is 1.26 bits per heavy atom. The van der Waals surface area contributed by atoms with Crippen LogP contribution < -0.4 is 5.32 Å². The topological polar surface area (TPSA) is 95.2 Å². The SMILES string of the molecule is O=C(Nc1ccn[nH]1)C1CCCN(S(=O)(=O)c2ccccc2)C1. The van der Waals surface area contributed by atoms with Gasteiger partial charge < -0.3 is 5.32 Å². The summed E-state index contributed by atoms with van der Waals surface area (Å²) in [4.78, 5) is 12.6. The first kappa shape index (κ1) is 15.7. The Bertz CT molecular complexity index is 759. The second kappa shape index (κ2) is 6.51. The maximum absolute atomic E-state index is 12.7. The summed E-state index contributed by atoms with van der Waals surface area (Å²) in [6.45, 7) is 0.627. The number of sulfonamides is 1. The van der Waals surface area contributed by atoms with Crippen molar-refractivity contribution in [2.24, 2.45) is 5.92 Å². The van der Waals surface area contributed by atoms with Crippen molar-refractivity contribution in [1.82, 2.24) is 14.5 Å². The van der Waals surface area contributed by atoms with Crippen LogP contribution in [0.1, 0.15) is 12.8 Å². The van der Waals surface area contributed by atoms with Crippen LogP contribution in [0.3, 0.4) is 0 Å². The minimum absolute atomic E-state index is 0.192. The fraction of sp³-hybridized carbons (Fsp3) is 0.333. The van der Waals surface area contributed by atoms with Crippen LogP contribution >= 0.6 is 0 Å².